The smallest absolute Gasteiger partial charge is 0.220 e. The number of hydrogen-bond acceptors (Lipinski definition) is 2. The fourth-order valence-corrected chi connectivity index (χ4v) is 3.90. The van der Waals surface area contributed by atoms with E-state index in [0.717, 1.165) is 31.8 Å². The average molecular weight is 300 g/mol. The third-order valence-corrected chi connectivity index (χ3v) is 5.26. The Balaban J connectivity index is 1.34. The zero-order chi connectivity index (χ0) is 15.2. The maximum atomic E-state index is 12.0. The van der Waals surface area contributed by atoms with Crippen molar-refractivity contribution < 1.29 is 4.79 Å². The van der Waals surface area contributed by atoms with Gasteiger partial charge in [-0.15, -0.1) is 0 Å². The molecule has 2 aliphatic rings. The van der Waals surface area contributed by atoms with Crippen molar-refractivity contribution in [1.29, 1.82) is 0 Å². The molecule has 3 nitrogen and oxygen atoms in total. The molecule has 3 rings (SSSR count). The lowest BCUT2D eigenvalue weighted by molar-refractivity contribution is -0.121. The van der Waals surface area contributed by atoms with Crippen LogP contribution in [0.5, 0.6) is 0 Å². The Labute approximate surface area is 133 Å². The van der Waals surface area contributed by atoms with Gasteiger partial charge in [0.25, 0.3) is 0 Å². The van der Waals surface area contributed by atoms with Gasteiger partial charge in [0.15, 0.2) is 0 Å². The summed E-state index contributed by atoms with van der Waals surface area (Å²) in [6, 6.07) is 8.51. The molecule has 1 fully saturated rings. The van der Waals surface area contributed by atoms with Gasteiger partial charge in [-0.3, -0.25) is 4.79 Å². The Hall–Kier alpha value is -1.51. The van der Waals surface area contributed by atoms with Crippen LogP contribution in [0.3, 0.4) is 0 Å². The monoisotopic (exact) mass is 300 g/mol. The molecule has 2 N–H and O–H groups in total. The molecule has 1 aliphatic carbocycles. The highest BCUT2D eigenvalue weighted by molar-refractivity contribution is 5.75. The summed E-state index contributed by atoms with van der Waals surface area (Å²) in [5, 5.41) is 6.56. The lowest BCUT2D eigenvalue weighted by Gasteiger charge is -2.21. The van der Waals surface area contributed by atoms with E-state index in [1.54, 1.807) is 0 Å². The summed E-state index contributed by atoms with van der Waals surface area (Å²) in [6.45, 7) is 1.79. The topological polar surface area (TPSA) is 41.1 Å². The van der Waals surface area contributed by atoms with Crippen LogP contribution < -0.4 is 10.6 Å². The molecule has 1 unspecified atom stereocenters. The fourth-order valence-electron chi connectivity index (χ4n) is 3.90. The first kappa shape index (κ1) is 15.4. The lowest BCUT2D eigenvalue weighted by Crippen LogP contribution is -2.26. The molecule has 0 saturated heterocycles. The molecule has 0 aromatic heterocycles. The van der Waals surface area contributed by atoms with E-state index in [1.807, 2.05) is 0 Å². The number of benzene rings is 1. The summed E-state index contributed by atoms with van der Waals surface area (Å²) in [5.41, 5.74) is 2.66. The Bertz CT molecular complexity index is 494. The van der Waals surface area contributed by atoms with Crippen molar-refractivity contribution in [2.24, 2.45) is 5.92 Å². The van der Waals surface area contributed by atoms with Gasteiger partial charge in [-0.1, -0.05) is 50.3 Å². The van der Waals surface area contributed by atoms with Gasteiger partial charge >= 0.3 is 0 Å². The quantitative estimate of drug-likeness (QED) is 0.831. The molecule has 1 atom stereocenters. The average Bonchev–Trinajstić information content (AvgIpc) is 2.97. The van der Waals surface area contributed by atoms with E-state index < -0.39 is 0 Å². The molecule has 3 heteroatoms. The second-order valence-electron chi connectivity index (χ2n) is 6.85. The standard InChI is InChI=1S/C19H28N2O/c22-19(11-10-15-6-2-1-3-7-15)20-13-12-16-14-21-18-9-5-4-8-17(16)18/h4-5,8-9,15-16,21H,1-3,6-7,10-14H2,(H,20,22). The number of para-hydroxylation sites is 1. The summed E-state index contributed by atoms with van der Waals surface area (Å²) >= 11 is 0. The Morgan fingerprint density at radius 3 is 2.82 bits per heavy atom. The fraction of sp³-hybridized carbons (Fsp3) is 0.632. The highest BCUT2D eigenvalue weighted by atomic mass is 16.1. The zero-order valence-corrected chi connectivity index (χ0v) is 13.4. The Morgan fingerprint density at radius 2 is 1.95 bits per heavy atom. The van der Waals surface area contributed by atoms with Gasteiger partial charge in [0.2, 0.25) is 5.91 Å². The number of nitrogens with one attached hydrogen (secondary N) is 2. The van der Waals surface area contributed by atoms with Crippen LogP contribution >= 0.6 is 0 Å². The molecule has 1 aromatic rings. The number of hydrogen-bond donors (Lipinski definition) is 2. The summed E-state index contributed by atoms with van der Waals surface area (Å²) in [6.07, 6.45) is 9.60. The van der Waals surface area contributed by atoms with E-state index in [9.17, 15) is 4.79 Å². The van der Waals surface area contributed by atoms with Crippen molar-refractivity contribution in [2.45, 2.75) is 57.3 Å². The van der Waals surface area contributed by atoms with Gasteiger partial charge in [0.1, 0.15) is 0 Å². The van der Waals surface area contributed by atoms with Crippen molar-refractivity contribution in [2.75, 3.05) is 18.4 Å². The summed E-state index contributed by atoms with van der Waals surface area (Å²) < 4.78 is 0. The SMILES string of the molecule is O=C(CCC1CCCCC1)NCCC1CNc2ccccc21. The second-order valence-corrected chi connectivity index (χ2v) is 6.85. The minimum absolute atomic E-state index is 0.241. The summed E-state index contributed by atoms with van der Waals surface area (Å²) in [4.78, 5) is 12.0. The molecule has 1 aromatic carbocycles. The van der Waals surface area contributed by atoms with Crippen LogP contribution in [0.4, 0.5) is 5.69 Å². The molecule has 1 aliphatic heterocycles. The molecule has 22 heavy (non-hydrogen) atoms. The van der Waals surface area contributed by atoms with E-state index in [2.05, 4.69) is 34.9 Å². The highest BCUT2D eigenvalue weighted by Gasteiger charge is 2.21. The van der Waals surface area contributed by atoms with Gasteiger partial charge < -0.3 is 10.6 Å². The number of anilines is 1. The molecule has 1 amide bonds. The van der Waals surface area contributed by atoms with Gasteiger partial charge in [-0.25, -0.2) is 0 Å². The van der Waals surface area contributed by atoms with Gasteiger partial charge in [0, 0.05) is 31.1 Å². The third-order valence-electron chi connectivity index (χ3n) is 5.26. The first-order valence-corrected chi connectivity index (χ1v) is 8.92. The van der Waals surface area contributed by atoms with Crippen molar-refractivity contribution in [3.8, 4) is 0 Å². The Morgan fingerprint density at radius 1 is 1.14 bits per heavy atom. The largest absolute Gasteiger partial charge is 0.384 e. The highest BCUT2D eigenvalue weighted by Crippen LogP contribution is 2.32. The van der Waals surface area contributed by atoms with Crippen LogP contribution in [0.25, 0.3) is 0 Å². The van der Waals surface area contributed by atoms with Crippen LogP contribution in [0.2, 0.25) is 0 Å². The van der Waals surface area contributed by atoms with Crippen LogP contribution in [-0.2, 0) is 4.79 Å². The lowest BCUT2D eigenvalue weighted by atomic mass is 9.86. The molecule has 120 valence electrons. The molecule has 0 bridgehead atoms. The van der Waals surface area contributed by atoms with Crippen LogP contribution in [0.15, 0.2) is 24.3 Å². The van der Waals surface area contributed by atoms with Crippen molar-refractivity contribution in [3.63, 3.8) is 0 Å². The van der Waals surface area contributed by atoms with E-state index in [4.69, 9.17) is 0 Å². The molecule has 0 spiro atoms. The number of fused-ring (bicyclic) bond motifs is 1. The minimum atomic E-state index is 0.241. The predicted molar refractivity (Wildman–Crippen MR) is 91.1 cm³/mol. The number of rotatable bonds is 6. The Kier molecular flexibility index (Phi) is 5.36. The number of carbonyl (C=O) groups is 1. The van der Waals surface area contributed by atoms with Crippen molar-refractivity contribution >= 4 is 11.6 Å². The molecule has 0 radical (unpaired) electrons. The van der Waals surface area contributed by atoms with E-state index in [1.165, 1.54) is 43.4 Å². The van der Waals surface area contributed by atoms with E-state index in [-0.39, 0.29) is 5.91 Å². The summed E-state index contributed by atoms with van der Waals surface area (Å²) in [5.74, 6) is 1.57. The first-order chi connectivity index (χ1) is 10.8. The minimum Gasteiger partial charge on any atom is -0.384 e. The predicted octanol–water partition coefficient (Wildman–Crippen LogP) is 4.06. The zero-order valence-electron chi connectivity index (χ0n) is 13.4. The van der Waals surface area contributed by atoms with Gasteiger partial charge in [0.05, 0.1) is 0 Å². The number of carbonyl (C=O) groups excluding carboxylic acids is 1. The molecular weight excluding hydrogens is 272 g/mol. The van der Waals surface area contributed by atoms with Gasteiger partial charge in [-0.2, -0.15) is 0 Å². The third kappa shape index (κ3) is 4.02. The number of amides is 1. The molecule has 1 heterocycles. The maximum Gasteiger partial charge on any atom is 0.220 e. The van der Waals surface area contributed by atoms with Crippen LogP contribution in [-0.4, -0.2) is 19.0 Å². The molecular formula is C19H28N2O. The van der Waals surface area contributed by atoms with E-state index >= 15 is 0 Å². The van der Waals surface area contributed by atoms with Gasteiger partial charge in [-0.05, 0) is 30.4 Å². The maximum absolute atomic E-state index is 12.0. The first-order valence-electron chi connectivity index (χ1n) is 8.92. The van der Waals surface area contributed by atoms with Crippen molar-refractivity contribution in [1.82, 2.24) is 5.32 Å². The van der Waals surface area contributed by atoms with Crippen molar-refractivity contribution in [3.05, 3.63) is 29.8 Å². The normalized spacial score (nSPS) is 21.2. The van der Waals surface area contributed by atoms with Crippen LogP contribution in [0.1, 0.15) is 62.8 Å². The van der Waals surface area contributed by atoms with E-state index in [0.29, 0.717) is 12.3 Å². The van der Waals surface area contributed by atoms with Crippen LogP contribution in [0, 0.1) is 5.92 Å². The molecule has 1 saturated carbocycles. The second kappa shape index (κ2) is 7.66. The summed E-state index contributed by atoms with van der Waals surface area (Å²) in [7, 11) is 0.